The second kappa shape index (κ2) is 4.36. The molecule has 0 radical (unpaired) electrons. The van der Waals surface area contributed by atoms with Gasteiger partial charge in [-0.3, -0.25) is 4.98 Å². The molecule has 0 N–H and O–H groups in total. The van der Waals surface area contributed by atoms with Gasteiger partial charge in [0.05, 0.1) is 5.88 Å². The highest BCUT2D eigenvalue weighted by molar-refractivity contribution is 6.17. The summed E-state index contributed by atoms with van der Waals surface area (Å²) in [5.41, 5.74) is 2.64. The van der Waals surface area contributed by atoms with Gasteiger partial charge >= 0.3 is 0 Å². The van der Waals surface area contributed by atoms with Crippen molar-refractivity contribution >= 4 is 11.6 Å². The maximum atomic E-state index is 5.73. The summed E-state index contributed by atoms with van der Waals surface area (Å²) in [6, 6.07) is 5.66. The number of aryl methyl sites for hydroxylation is 1. The van der Waals surface area contributed by atoms with Gasteiger partial charge in [0.2, 0.25) is 0 Å². The van der Waals surface area contributed by atoms with Crippen molar-refractivity contribution in [2.24, 2.45) is 0 Å². The minimum Gasteiger partial charge on any atom is -0.253 e. The lowest BCUT2D eigenvalue weighted by molar-refractivity contribution is 1.05. The Bertz CT molecular complexity index is 457. The molecule has 0 saturated carbocycles. The van der Waals surface area contributed by atoms with Crippen LogP contribution in [0.4, 0.5) is 0 Å². The molecule has 0 aliphatic rings. The van der Waals surface area contributed by atoms with Crippen molar-refractivity contribution in [2.75, 3.05) is 0 Å². The molecule has 4 heteroatoms. The van der Waals surface area contributed by atoms with Crippen molar-refractivity contribution < 1.29 is 0 Å². The molecule has 0 saturated heterocycles. The molecule has 15 heavy (non-hydrogen) atoms. The summed E-state index contributed by atoms with van der Waals surface area (Å²) in [7, 11) is 0. The molecule has 0 bridgehead atoms. The average molecular weight is 220 g/mol. The van der Waals surface area contributed by atoms with Crippen LogP contribution in [0.1, 0.15) is 11.3 Å². The van der Waals surface area contributed by atoms with E-state index in [0.29, 0.717) is 11.7 Å². The van der Waals surface area contributed by atoms with Crippen molar-refractivity contribution in [3.8, 4) is 11.5 Å². The Hall–Kier alpha value is -1.48. The van der Waals surface area contributed by atoms with Crippen LogP contribution in [0.25, 0.3) is 11.5 Å². The first-order valence-electron chi connectivity index (χ1n) is 4.61. The highest BCUT2D eigenvalue weighted by atomic mass is 35.5. The van der Waals surface area contributed by atoms with E-state index in [-0.39, 0.29) is 0 Å². The van der Waals surface area contributed by atoms with Crippen LogP contribution in [0.2, 0.25) is 0 Å². The number of rotatable bonds is 2. The molecule has 2 heterocycles. The van der Waals surface area contributed by atoms with Gasteiger partial charge in [-0.1, -0.05) is 6.07 Å². The van der Waals surface area contributed by atoms with Gasteiger partial charge in [-0.2, -0.15) is 0 Å². The van der Waals surface area contributed by atoms with Crippen LogP contribution in [-0.2, 0) is 5.88 Å². The molecule has 0 fully saturated rings. The van der Waals surface area contributed by atoms with E-state index in [1.165, 1.54) is 0 Å². The Morgan fingerprint density at radius 2 is 2.13 bits per heavy atom. The van der Waals surface area contributed by atoms with Crippen molar-refractivity contribution in [3.63, 3.8) is 0 Å². The molecule has 0 amide bonds. The molecule has 76 valence electrons. The van der Waals surface area contributed by atoms with Gasteiger partial charge in [-0.15, -0.1) is 11.6 Å². The van der Waals surface area contributed by atoms with Crippen LogP contribution in [0.15, 0.2) is 30.6 Å². The third-order valence-electron chi connectivity index (χ3n) is 2.12. The predicted octanol–water partition coefficient (Wildman–Crippen LogP) is 2.59. The maximum absolute atomic E-state index is 5.73. The van der Waals surface area contributed by atoms with E-state index in [9.17, 15) is 0 Å². The van der Waals surface area contributed by atoms with Gasteiger partial charge in [-0.25, -0.2) is 9.97 Å². The lowest BCUT2D eigenvalue weighted by Gasteiger charge is -2.03. The molecular weight excluding hydrogens is 210 g/mol. The Morgan fingerprint density at radius 3 is 2.73 bits per heavy atom. The topological polar surface area (TPSA) is 38.7 Å². The van der Waals surface area contributed by atoms with Crippen LogP contribution in [-0.4, -0.2) is 15.0 Å². The number of nitrogens with zero attached hydrogens (tertiary/aromatic N) is 3. The quantitative estimate of drug-likeness (QED) is 0.729. The zero-order valence-electron chi connectivity index (χ0n) is 8.31. The van der Waals surface area contributed by atoms with Crippen molar-refractivity contribution in [3.05, 3.63) is 41.9 Å². The largest absolute Gasteiger partial charge is 0.253 e. The van der Waals surface area contributed by atoms with Crippen LogP contribution in [0.3, 0.4) is 0 Å². The monoisotopic (exact) mass is 219 g/mol. The number of aromatic nitrogens is 3. The molecule has 0 aromatic carbocycles. The first-order valence-corrected chi connectivity index (χ1v) is 5.14. The Balaban J connectivity index is 2.43. The van der Waals surface area contributed by atoms with E-state index in [0.717, 1.165) is 17.0 Å². The number of alkyl halides is 1. The van der Waals surface area contributed by atoms with Crippen molar-refractivity contribution in [1.82, 2.24) is 15.0 Å². The predicted molar refractivity (Wildman–Crippen MR) is 59.6 cm³/mol. The summed E-state index contributed by atoms with van der Waals surface area (Å²) < 4.78 is 0. The third kappa shape index (κ3) is 2.13. The van der Waals surface area contributed by atoms with Crippen molar-refractivity contribution in [1.29, 1.82) is 0 Å². The summed E-state index contributed by atoms with van der Waals surface area (Å²) in [6.45, 7) is 1.92. The van der Waals surface area contributed by atoms with E-state index in [1.807, 2.05) is 25.1 Å². The van der Waals surface area contributed by atoms with Crippen LogP contribution < -0.4 is 0 Å². The fourth-order valence-corrected chi connectivity index (χ4v) is 1.50. The zero-order valence-corrected chi connectivity index (χ0v) is 9.07. The Kier molecular flexibility index (Phi) is 2.92. The summed E-state index contributed by atoms with van der Waals surface area (Å²) in [5.74, 6) is 1.08. The molecule has 2 aromatic heterocycles. The lowest BCUT2D eigenvalue weighted by Crippen LogP contribution is -1.97. The fraction of sp³-hybridized carbons (Fsp3) is 0.182. The fourth-order valence-electron chi connectivity index (χ4n) is 1.24. The molecule has 0 unspecified atom stereocenters. The number of pyridine rings is 1. The maximum Gasteiger partial charge on any atom is 0.178 e. The summed E-state index contributed by atoms with van der Waals surface area (Å²) >= 11 is 5.73. The minimum atomic E-state index is 0.439. The molecule has 2 rings (SSSR count). The first kappa shape index (κ1) is 10.1. The van der Waals surface area contributed by atoms with Gasteiger partial charge in [0.1, 0.15) is 5.69 Å². The molecule has 0 spiro atoms. The van der Waals surface area contributed by atoms with Gasteiger partial charge in [0, 0.05) is 23.7 Å². The summed E-state index contributed by atoms with van der Waals surface area (Å²) in [5, 5.41) is 0. The van der Waals surface area contributed by atoms with Crippen LogP contribution in [0, 0.1) is 6.92 Å². The molecular formula is C11H10ClN3. The van der Waals surface area contributed by atoms with Crippen LogP contribution in [0.5, 0.6) is 0 Å². The Morgan fingerprint density at radius 1 is 1.27 bits per heavy atom. The molecule has 0 aliphatic carbocycles. The smallest absolute Gasteiger partial charge is 0.178 e. The highest BCUT2D eigenvalue weighted by Crippen LogP contribution is 2.14. The van der Waals surface area contributed by atoms with Crippen LogP contribution >= 0.6 is 11.6 Å². The molecule has 0 aliphatic heterocycles. The summed E-state index contributed by atoms with van der Waals surface area (Å²) in [4.78, 5) is 12.8. The minimum absolute atomic E-state index is 0.439. The SMILES string of the molecule is Cc1nc(-c2ccccn2)ncc1CCl. The zero-order chi connectivity index (χ0) is 10.7. The van der Waals surface area contributed by atoms with E-state index in [1.54, 1.807) is 12.4 Å². The third-order valence-corrected chi connectivity index (χ3v) is 2.41. The van der Waals surface area contributed by atoms with Gasteiger partial charge in [0.25, 0.3) is 0 Å². The normalized spacial score (nSPS) is 10.3. The lowest BCUT2D eigenvalue weighted by atomic mass is 10.2. The van der Waals surface area contributed by atoms with E-state index < -0.39 is 0 Å². The molecule has 0 atom stereocenters. The average Bonchev–Trinajstić information content (AvgIpc) is 2.30. The standard InChI is InChI=1S/C11H10ClN3/c1-8-9(6-12)7-14-11(15-8)10-4-2-3-5-13-10/h2-5,7H,6H2,1H3. The first-order chi connectivity index (χ1) is 7.31. The van der Waals surface area contributed by atoms with Crippen molar-refractivity contribution in [2.45, 2.75) is 12.8 Å². The van der Waals surface area contributed by atoms with E-state index >= 15 is 0 Å². The van der Waals surface area contributed by atoms with Gasteiger partial charge in [-0.05, 0) is 19.1 Å². The number of halogens is 1. The molecule has 2 aromatic rings. The molecule has 3 nitrogen and oxygen atoms in total. The van der Waals surface area contributed by atoms with Gasteiger partial charge in [0.15, 0.2) is 5.82 Å². The van der Waals surface area contributed by atoms with E-state index in [2.05, 4.69) is 15.0 Å². The highest BCUT2D eigenvalue weighted by Gasteiger charge is 2.04. The second-order valence-corrected chi connectivity index (χ2v) is 3.42. The second-order valence-electron chi connectivity index (χ2n) is 3.15. The summed E-state index contributed by atoms with van der Waals surface area (Å²) in [6.07, 6.45) is 3.48. The van der Waals surface area contributed by atoms with Gasteiger partial charge < -0.3 is 0 Å². The number of hydrogen-bond acceptors (Lipinski definition) is 3. The Labute approximate surface area is 93.2 Å². The number of hydrogen-bond donors (Lipinski definition) is 0. The van der Waals surface area contributed by atoms with E-state index in [4.69, 9.17) is 11.6 Å².